The van der Waals surface area contributed by atoms with Crippen LogP contribution in [0.3, 0.4) is 0 Å². The van der Waals surface area contributed by atoms with Crippen molar-refractivity contribution in [3.05, 3.63) is 74.9 Å². The number of imide groups is 1. The van der Waals surface area contributed by atoms with Gasteiger partial charge in [0.1, 0.15) is 11.1 Å². The zero-order chi connectivity index (χ0) is 46.0. The minimum atomic E-state index is -0.775. The molecule has 6 aliphatic rings. The zero-order valence-corrected chi connectivity index (χ0v) is 38.0. The lowest BCUT2D eigenvalue weighted by atomic mass is 9.78. The molecule has 17 nitrogen and oxygen atoms in total. The van der Waals surface area contributed by atoms with E-state index in [1.807, 2.05) is 32.0 Å². The number of fused-ring (bicyclic) bond motifs is 2. The maximum atomic E-state index is 16.0. The summed E-state index contributed by atoms with van der Waals surface area (Å²) >= 11 is 6.60. The second-order valence-electron chi connectivity index (χ2n) is 19.0. The number of benzene rings is 2. The molecule has 1 saturated carbocycles. The van der Waals surface area contributed by atoms with Gasteiger partial charge in [-0.15, -0.1) is 0 Å². The molecule has 2 aromatic heterocycles. The summed E-state index contributed by atoms with van der Waals surface area (Å²) in [5.74, 6) is -0.835. The normalized spacial score (nSPS) is 23.0. The molecule has 4 saturated heterocycles. The standard InChI is InChI=1S/C47H54ClFN10O7/c1-26(2)59-35-6-4-28(16-27(35)17-38(45(59)64)65-22-40(61)50-3)52-42-34(48)20-51-46(54-42)55-13-10-30(11-14-55)66-31-18-29(19-31)56-15-12-47(23-56)24-57(25-47)36-7-5-32-33(41(36)49)21-58(44(32)63)37-8-9-39(60)53-43(37)62/h4-7,16-17,20,26,29-31,37H,8-15,18-19,21-25H2,1-3H3,(H,50,61)(H,51,52,54)(H,53,60,62)/t29?,31?,37-/m1/s1. The van der Waals surface area contributed by atoms with Gasteiger partial charge in [-0.05, 0) is 95.3 Å². The van der Waals surface area contributed by atoms with Crippen molar-refractivity contribution in [3.63, 3.8) is 0 Å². The molecule has 348 valence electrons. The van der Waals surface area contributed by atoms with Crippen molar-refractivity contribution >= 4 is 69.3 Å². The van der Waals surface area contributed by atoms with E-state index in [1.165, 1.54) is 11.9 Å². The Hall–Kier alpha value is -5.85. The predicted octanol–water partition coefficient (Wildman–Crippen LogP) is 4.52. The summed E-state index contributed by atoms with van der Waals surface area (Å²) in [6, 6.07) is 10.2. The molecule has 1 atom stereocenters. The second-order valence-corrected chi connectivity index (χ2v) is 19.4. The lowest BCUT2D eigenvalue weighted by Crippen LogP contribution is -2.59. The number of likely N-dealkylation sites (N-methyl/N-ethyl adjacent to an activating group) is 1. The Kier molecular flexibility index (Phi) is 11.6. The molecular weight excluding hydrogens is 871 g/mol. The molecule has 19 heteroatoms. The predicted molar refractivity (Wildman–Crippen MR) is 245 cm³/mol. The topological polar surface area (TPSA) is 184 Å². The fourth-order valence-corrected chi connectivity index (χ4v) is 10.8. The van der Waals surface area contributed by atoms with Crippen LogP contribution in [0.25, 0.3) is 10.9 Å². The van der Waals surface area contributed by atoms with E-state index in [2.05, 4.69) is 35.6 Å². The molecule has 1 spiro atoms. The number of carbonyl (C=O) groups is 4. The number of hydrogen-bond donors (Lipinski definition) is 3. The van der Waals surface area contributed by atoms with Gasteiger partial charge in [0, 0.05) is 85.9 Å². The molecule has 2 aromatic carbocycles. The average Bonchev–Trinajstić information content (AvgIpc) is 3.86. The van der Waals surface area contributed by atoms with Gasteiger partial charge in [-0.25, -0.2) is 9.37 Å². The van der Waals surface area contributed by atoms with Crippen molar-refractivity contribution in [2.75, 3.05) is 68.0 Å². The fraction of sp³-hybridized carbons (Fsp3) is 0.511. The first-order valence-electron chi connectivity index (χ1n) is 22.9. The van der Waals surface area contributed by atoms with Crippen LogP contribution in [-0.2, 0) is 25.7 Å². The van der Waals surface area contributed by atoms with E-state index >= 15 is 4.39 Å². The van der Waals surface area contributed by atoms with Crippen LogP contribution in [0.4, 0.5) is 27.5 Å². The first-order valence-corrected chi connectivity index (χ1v) is 23.3. The highest BCUT2D eigenvalue weighted by Gasteiger charge is 2.51. The molecular formula is C47H54ClFN10O7. The number of likely N-dealkylation sites (tertiary alicyclic amines) is 1. The summed E-state index contributed by atoms with van der Waals surface area (Å²) in [6.45, 7) is 8.59. The quantitative estimate of drug-likeness (QED) is 0.169. The van der Waals surface area contributed by atoms with Gasteiger partial charge in [-0.3, -0.25) is 34.2 Å². The number of amides is 4. The minimum Gasteiger partial charge on any atom is -0.478 e. The van der Waals surface area contributed by atoms with Gasteiger partial charge in [0.15, 0.2) is 24.0 Å². The van der Waals surface area contributed by atoms with Crippen LogP contribution < -0.4 is 36.0 Å². The maximum Gasteiger partial charge on any atom is 0.293 e. The van der Waals surface area contributed by atoms with Gasteiger partial charge in [0.2, 0.25) is 17.8 Å². The van der Waals surface area contributed by atoms with Gasteiger partial charge in [-0.2, -0.15) is 4.98 Å². The molecule has 0 unspecified atom stereocenters. The first-order chi connectivity index (χ1) is 31.8. The van der Waals surface area contributed by atoms with Crippen LogP contribution in [0.15, 0.2) is 47.4 Å². The number of carbonyl (C=O) groups excluding carboxylic acids is 4. The molecule has 4 amide bonds. The van der Waals surface area contributed by atoms with E-state index in [9.17, 15) is 24.0 Å². The third-order valence-electron chi connectivity index (χ3n) is 14.3. The first kappa shape index (κ1) is 44.0. The molecule has 0 bridgehead atoms. The number of pyridine rings is 1. The Morgan fingerprint density at radius 3 is 2.53 bits per heavy atom. The number of halogens is 2. The molecule has 4 aromatic rings. The van der Waals surface area contributed by atoms with E-state index in [4.69, 9.17) is 26.1 Å². The van der Waals surface area contributed by atoms with Gasteiger partial charge >= 0.3 is 0 Å². The highest BCUT2D eigenvalue weighted by molar-refractivity contribution is 6.33. The Labute approximate surface area is 385 Å². The number of rotatable bonds is 12. The van der Waals surface area contributed by atoms with Gasteiger partial charge < -0.3 is 39.4 Å². The van der Waals surface area contributed by atoms with Crippen molar-refractivity contribution in [1.29, 1.82) is 0 Å². The van der Waals surface area contributed by atoms with Crippen LogP contribution in [-0.4, -0.2) is 125 Å². The molecule has 7 heterocycles. The number of nitrogens with one attached hydrogen (secondary N) is 3. The van der Waals surface area contributed by atoms with Crippen molar-refractivity contribution in [1.82, 2.24) is 35.0 Å². The Morgan fingerprint density at radius 2 is 1.79 bits per heavy atom. The van der Waals surface area contributed by atoms with E-state index in [0.717, 1.165) is 82.3 Å². The monoisotopic (exact) mass is 924 g/mol. The number of aromatic nitrogens is 3. The SMILES string of the molecule is CNC(=O)COc1cc2cc(Nc3nc(N4CCC(OC5CC(N6CCC7(CN(c8ccc9c(c8F)CN([C@@H]8CCC(=O)NC8=O)C9=O)C7)C6)C5)CC4)ncc3Cl)ccc2n(C(C)C)c1=O. The lowest BCUT2D eigenvalue weighted by Gasteiger charge is -2.50. The van der Waals surface area contributed by atoms with E-state index in [1.54, 1.807) is 29.0 Å². The molecule has 1 aliphatic carbocycles. The number of ether oxygens (including phenoxy) is 2. The third kappa shape index (κ3) is 8.20. The zero-order valence-electron chi connectivity index (χ0n) is 37.3. The van der Waals surface area contributed by atoms with Crippen molar-refractivity contribution in [2.24, 2.45) is 5.41 Å². The smallest absolute Gasteiger partial charge is 0.293 e. The van der Waals surface area contributed by atoms with E-state index in [0.29, 0.717) is 45.3 Å². The summed E-state index contributed by atoms with van der Waals surface area (Å²) < 4.78 is 29.9. The van der Waals surface area contributed by atoms with Gasteiger partial charge in [-0.1, -0.05) is 11.6 Å². The largest absolute Gasteiger partial charge is 0.478 e. The van der Waals surface area contributed by atoms with Crippen LogP contribution in [0.5, 0.6) is 5.75 Å². The Morgan fingerprint density at radius 1 is 1.00 bits per heavy atom. The highest BCUT2D eigenvalue weighted by Crippen LogP contribution is 2.46. The third-order valence-corrected chi connectivity index (χ3v) is 14.6. The number of nitrogens with zero attached hydrogens (tertiary/aromatic N) is 7. The summed E-state index contributed by atoms with van der Waals surface area (Å²) in [5, 5.41) is 9.25. The molecule has 5 aliphatic heterocycles. The summed E-state index contributed by atoms with van der Waals surface area (Å²) in [5.41, 5.74) is 2.36. The van der Waals surface area contributed by atoms with Gasteiger partial charge in [0.25, 0.3) is 17.4 Å². The average molecular weight is 925 g/mol. The lowest BCUT2D eigenvalue weighted by molar-refractivity contribution is -0.137. The molecule has 10 rings (SSSR count). The van der Waals surface area contributed by atoms with Crippen molar-refractivity contribution in [2.45, 2.75) is 95.7 Å². The second kappa shape index (κ2) is 17.4. The maximum absolute atomic E-state index is 16.0. The summed E-state index contributed by atoms with van der Waals surface area (Å²) in [7, 11) is 1.51. The summed E-state index contributed by atoms with van der Waals surface area (Å²) in [6.07, 6.45) is 7.15. The van der Waals surface area contributed by atoms with Crippen LogP contribution in [0, 0.1) is 11.2 Å². The van der Waals surface area contributed by atoms with Crippen molar-refractivity contribution in [3.8, 4) is 5.75 Å². The summed E-state index contributed by atoms with van der Waals surface area (Å²) in [4.78, 5) is 80.0. The van der Waals surface area contributed by atoms with E-state index < -0.39 is 17.8 Å². The van der Waals surface area contributed by atoms with Crippen LogP contribution in [0.2, 0.25) is 5.02 Å². The van der Waals surface area contributed by atoms with Crippen LogP contribution >= 0.6 is 11.6 Å². The van der Waals surface area contributed by atoms with Gasteiger partial charge in [0.05, 0.1) is 36.2 Å². The Balaban J connectivity index is 0.691. The Bertz CT molecular complexity index is 2680. The molecule has 3 N–H and O–H groups in total. The molecule has 5 fully saturated rings. The highest BCUT2D eigenvalue weighted by atomic mass is 35.5. The number of hydrogen-bond acceptors (Lipinski definition) is 13. The van der Waals surface area contributed by atoms with Crippen LogP contribution in [0.1, 0.15) is 80.8 Å². The van der Waals surface area contributed by atoms with Crippen molar-refractivity contribution < 1.29 is 33.0 Å². The minimum absolute atomic E-state index is 0.0234. The van der Waals surface area contributed by atoms with E-state index in [-0.39, 0.29) is 78.7 Å². The molecule has 66 heavy (non-hydrogen) atoms. The number of piperidine rings is 2. The fourth-order valence-electron chi connectivity index (χ4n) is 10.7. The number of anilines is 4. The molecule has 0 radical (unpaired) electrons.